The van der Waals surface area contributed by atoms with Crippen LogP contribution in [0.3, 0.4) is 0 Å². The molecule has 5 heteroatoms. The van der Waals surface area contributed by atoms with Gasteiger partial charge in [-0.1, -0.05) is 81.3 Å². The summed E-state index contributed by atoms with van der Waals surface area (Å²) < 4.78 is 6.08. The predicted molar refractivity (Wildman–Crippen MR) is 154 cm³/mol. The molecule has 0 aliphatic rings. The Morgan fingerprint density at radius 1 is 0.973 bits per heavy atom. The van der Waals surface area contributed by atoms with Crippen molar-refractivity contribution in [3.05, 3.63) is 101 Å². The maximum atomic E-state index is 8.36. The molecule has 0 atom stereocenters. The molecule has 37 heavy (non-hydrogen) atoms. The second kappa shape index (κ2) is 14.4. The first kappa shape index (κ1) is 27.5. The maximum Gasteiger partial charge on any atom is 0.290 e. The zero-order chi connectivity index (χ0) is 26.5. The van der Waals surface area contributed by atoms with Gasteiger partial charge in [-0.05, 0) is 77.4 Å². The van der Waals surface area contributed by atoms with Crippen LogP contribution in [0.4, 0.5) is 0 Å². The Labute approximate surface area is 219 Å². The molecule has 4 aromatic rings. The van der Waals surface area contributed by atoms with Gasteiger partial charge >= 0.3 is 0 Å². The molecule has 192 valence electrons. The van der Waals surface area contributed by atoms with Crippen molar-refractivity contribution in [2.75, 3.05) is 6.61 Å². The first-order valence-electron chi connectivity index (χ1n) is 12.9. The third-order valence-corrected chi connectivity index (χ3v) is 6.14. The van der Waals surface area contributed by atoms with E-state index in [0.717, 1.165) is 36.1 Å². The first-order valence-corrected chi connectivity index (χ1v) is 12.9. The van der Waals surface area contributed by atoms with E-state index in [9.17, 15) is 0 Å². The molecule has 0 spiro atoms. The van der Waals surface area contributed by atoms with Crippen LogP contribution >= 0.6 is 0 Å². The van der Waals surface area contributed by atoms with Crippen molar-refractivity contribution in [2.24, 2.45) is 0 Å². The lowest BCUT2D eigenvalue weighted by Crippen LogP contribution is -1.99. The minimum absolute atomic E-state index is 0.250. The number of nitrogens with zero attached hydrogens (tertiary/aromatic N) is 1. The second-order valence-electron chi connectivity index (χ2n) is 8.69. The Morgan fingerprint density at radius 3 is 2.43 bits per heavy atom. The summed E-state index contributed by atoms with van der Waals surface area (Å²) in [6.45, 7) is 7.01. The third kappa shape index (κ3) is 7.43. The summed E-state index contributed by atoms with van der Waals surface area (Å²) in [5.41, 5.74) is 8.42. The highest BCUT2D eigenvalue weighted by atomic mass is 16.5. The fourth-order valence-corrected chi connectivity index (χ4v) is 4.41. The van der Waals surface area contributed by atoms with Crippen molar-refractivity contribution in [1.82, 2.24) is 10.2 Å². The Bertz CT molecular complexity index is 1330. The molecular weight excluding hydrogens is 460 g/mol. The lowest BCUT2D eigenvalue weighted by atomic mass is 9.87. The number of benzene rings is 3. The van der Waals surface area contributed by atoms with Gasteiger partial charge in [0.2, 0.25) is 0 Å². The maximum absolute atomic E-state index is 8.36. The molecule has 3 aromatic carbocycles. The van der Waals surface area contributed by atoms with E-state index in [1.54, 1.807) is 0 Å². The summed E-state index contributed by atoms with van der Waals surface area (Å²) in [5, 5.41) is 15.3. The Hall–Kier alpha value is -4.12. The number of unbranched alkanes of at least 4 members (excludes halogenated alkanes) is 2. The van der Waals surface area contributed by atoms with Gasteiger partial charge in [0.25, 0.3) is 6.47 Å². The summed E-state index contributed by atoms with van der Waals surface area (Å²) in [6, 6.07) is 23.9. The number of hydrogen-bond donors (Lipinski definition) is 2. The smallest absolute Gasteiger partial charge is 0.290 e. The molecule has 0 amide bonds. The summed E-state index contributed by atoms with van der Waals surface area (Å²) in [6.07, 6.45) is 10.5. The van der Waals surface area contributed by atoms with Crippen LogP contribution in [0.2, 0.25) is 0 Å². The highest BCUT2D eigenvalue weighted by Crippen LogP contribution is 2.36. The van der Waals surface area contributed by atoms with Crippen LogP contribution in [-0.4, -0.2) is 28.4 Å². The van der Waals surface area contributed by atoms with Gasteiger partial charge in [-0.25, -0.2) is 0 Å². The Balaban J connectivity index is 0.00000121. The molecule has 4 rings (SSSR count). The molecule has 5 nitrogen and oxygen atoms in total. The van der Waals surface area contributed by atoms with E-state index < -0.39 is 0 Å². The van der Waals surface area contributed by atoms with Crippen molar-refractivity contribution in [1.29, 1.82) is 0 Å². The van der Waals surface area contributed by atoms with Gasteiger partial charge < -0.3 is 9.84 Å². The molecule has 0 aliphatic heterocycles. The van der Waals surface area contributed by atoms with Crippen LogP contribution < -0.4 is 4.74 Å². The zero-order valence-corrected chi connectivity index (χ0v) is 21.9. The van der Waals surface area contributed by atoms with Crippen molar-refractivity contribution in [2.45, 2.75) is 46.5 Å². The van der Waals surface area contributed by atoms with Crippen LogP contribution in [-0.2, 0) is 4.79 Å². The minimum Gasteiger partial charge on any atom is -0.494 e. The fourth-order valence-electron chi connectivity index (χ4n) is 4.41. The van der Waals surface area contributed by atoms with Gasteiger partial charge in [0.15, 0.2) is 0 Å². The van der Waals surface area contributed by atoms with Crippen molar-refractivity contribution in [3.63, 3.8) is 0 Å². The number of rotatable bonds is 10. The van der Waals surface area contributed by atoms with E-state index in [4.69, 9.17) is 14.6 Å². The molecule has 0 saturated heterocycles. The number of ether oxygens (including phenoxy) is 1. The monoisotopic (exact) mass is 496 g/mol. The zero-order valence-electron chi connectivity index (χ0n) is 21.9. The van der Waals surface area contributed by atoms with Crippen molar-refractivity contribution >= 4 is 34.6 Å². The Morgan fingerprint density at radius 2 is 1.73 bits per heavy atom. The number of hydrogen-bond acceptors (Lipinski definition) is 3. The van der Waals surface area contributed by atoms with E-state index in [-0.39, 0.29) is 6.47 Å². The van der Waals surface area contributed by atoms with E-state index >= 15 is 0 Å². The van der Waals surface area contributed by atoms with Gasteiger partial charge in [0.05, 0.1) is 18.3 Å². The quantitative estimate of drug-likeness (QED) is 0.132. The van der Waals surface area contributed by atoms with Gasteiger partial charge in [0, 0.05) is 5.39 Å². The number of carboxylic acid groups (broad SMARTS) is 1. The van der Waals surface area contributed by atoms with E-state index in [2.05, 4.69) is 103 Å². The third-order valence-electron chi connectivity index (χ3n) is 6.14. The molecular formula is C32H36N2O3. The van der Waals surface area contributed by atoms with Crippen LogP contribution in [0, 0.1) is 0 Å². The van der Waals surface area contributed by atoms with Crippen LogP contribution in [0.25, 0.3) is 28.1 Å². The van der Waals surface area contributed by atoms with Gasteiger partial charge in [-0.2, -0.15) is 5.10 Å². The van der Waals surface area contributed by atoms with Crippen LogP contribution in [0.5, 0.6) is 5.75 Å². The number of aromatic nitrogens is 2. The van der Waals surface area contributed by atoms with E-state index in [1.807, 2.05) is 13.1 Å². The predicted octanol–water partition coefficient (Wildman–Crippen LogP) is 8.23. The van der Waals surface area contributed by atoms with Crippen molar-refractivity contribution < 1.29 is 14.6 Å². The number of allylic oxidation sites excluding steroid dienone is 2. The van der Waals surface area contributed by atoms with Gasteiger partial charge in [-0.3, -0.25) is 9.89 Å². The SMILES string of the molecule is C/C=C/c1ccc(/C(=C(/CC)c2cccc(OCCCCC)c2)c2ccc3[nH]ncc3c2)cc1.O=CO. The summed E-state index contributed by atoms with van der Waals surface area (Å²) in [7, 11) is 0. The summed E-state index contributed by atoms with van der Waals surface area (Å²) in [5.74, 6) is 0.938. The molecule has 0 radical (unpaired) electrons. The van der Waals surface area contributed by atoms with Gasteiger partial charge in [-0.15, -0.1) is 0 Å². The van der Waals surface area contributed by atoms with Crippen molar-refractivity contribution in [3.8, 4) is 5.75 Å². The van der Waals surface area contributed by atoms with E-state index in [1.165, 1.54) is 46.2 Å². The highest BCUT2D eigenvalue weighted by molar-refractivity contribution is 6.00. The van der Waals surface area contributed by atoms with Crippen LogP contribution in [0.1, 0.15) is 68.7 Å². The van der Waals surface area contributed by atoms with Crippen LogP contribution in [0.15, 0.2) is 79.0 Å². The summed E-state index contributed by atoms with van der Waals surface area (Å²) >= 11 is 0. The van der Waals surface area contributed by atoms with E-state index in [0.29, 0.717) is 0 Å². The molecule has 0 bridgehead atoms. The number of fused-ring (bicyclic) bond motifs is 1. The molecule has 0 unspecified atom stereocenters. The first-order chi connectivity index (χ1) is 18.1. The number of nitrogens with one attached hydrogen (secondary N) is 1. The number of carbonyl (C=O) groups is 1. The number of aromatic amines is 1. The molecule has 1 aromatic heterocycles. The standard InChI is InChI=1S/C31H34N2O.CH2O2/c1-4-7-8-19-34-28-12-9-11-25(21-28)29(6-3)31(24-15-13-23(10-5-2)14-16-24)26-17-18-30-27(20-26)22-32-33-30;2-1-3/h5,9-18,20-22H,4,6-8,19H2,1-3H3,(H,32,33);1H,(H,2,3)/b10-5+,31-29+;. The van der Waals surface area contributed by atoms with Gasteiger partial charge in [0.1, 0.15) is 5.75 Å². The average molecular weight is 497 g/mol. The number of H-pyrrole nitrogens is 1. The average Bonchev–Trinajstić information content (AvgIpc) is 3.39. The molecule has 1 heterocycles. The molecule has 0 fully saturated rings. The lowest BCUT2D eigenvalue weighted by molar-refractivity contribution is -0.122. The highest BCUT2D eigenvalue weighted by Gasteiger charge is 2.15. The normalized spacial score (nSPS) is 11.6. The largest absolute Gasteiger partial charge is 0.494 e. The Kier molecular flexibility index (Phi) is 10.7. The minimum atomic E-state index is -0.250. The fraction of sp³-hybridized carbons (Fsp3) is 0.250. The molecule has 2 N–H and O–H groups in total. The topological polar surface area (TPSA) is 75.2 Å². The molecule has 0 aliphatic carbocycles. The lowest BCUT2D eigenvalue weighted by Gasteiger charge is -2.17. The second-order valence-corrected chi connectivity index (χ2v) is 8.69. The molecule has 0 saturated carbocycles. The summed E-state index contributed by atoms with van der Waals surface area (Å²) in [4.78, 5) is 8.36.